The molecule has 2 unspecified atom stereocenters. The van der Waals surface area contributed by atoms with Crippen molar-refractivity contribution in [3.8, 4) is 0 Å². The van der Waals surface area contributed by atoms with Crippen molar-refractivity contribution in [3.05, 3.63) is 0 Å². The van der Waals surface area contributed by atoms with Crippen LogP contribution in [0.4, 0.5) is 0 Å². The van der Waals surface area contributed by atoms with E-state index >= 15 is 0 Å². The van der Waals surface area contributed by atoms with Gasteiger partial charge in [0.1, 0.15) is 0 Å². The molecule has 0 amide bonds. The number of ether oxygens (including phenoxy) is 1. The zero-order chi connectivity index (χ0) is 11.6. The maximum Gasteiger partial charge on any atom is 0.0702 e. The molecule has 1 heterocycles. The molecule has 3 heteroatoms. The van der Waals surface area contributed by atoms with Crippen LogP contribution in [0.15, 0.2) is 0 Å². The van der Waals surface area contributed by atoms with Crippen molar-refractivity contribution in [2.45, 2.75) is 50.7 Å². The lowest BCUT2D eigenvalue weighted by molar-refractivity contribution is 0.0382. The van der Waals surface area contributed by atoms with Gasteiger partial charge in [-0.05, 0) is 39.2 Å². The van der Waals surface area contributed by atoms with Crippen LogP contribution < -0.4 is 5.73 Å². The van der Waals surface area contributed by atoms with Crippen LogP contribution in [-0.2, 0) is 4.74 Å². The van der Waals surface area contributed by atoms with E-state index in [1.54, 1.807) is 0 Å². The molecule has 0 aromatic heterocycles. The molecule has 0 radical (unpaired) electrons. The quantitative estimate of drug-likeness (QED) is 0.748. The summed E-state index contributed by atoms with van der Waals surface area (Å²) in [4.78, 5) is 2.43. The third kappa shape index (κ3) is 2.96. The van der Waals surface area contributed by atoms with Gasteiger partial charge in [-0.25, -0.2) is 0 Å². The summed E-state index contributed by atoms with van der Waals surface area (Å²) in [5.41, 5.74) is 6.15. The summed E-state index contributed by atoms with van der Waals surface area (Å²) >= 11 is 0. The smallest absolute Gasteiger partial charge is 0.0702 e. The number of nitrogens with two attached hydrogens (primary N) is 1. The SMILES string of the molecule is CN(CC1CCCO1)C(C)(CN)CC1CC1. The average Bonchev–Trinajstić information content (AvgIpc) is 2.92. The summed E-state index contributed by atoms with van der Waals surface area (Å²) in [7, 11) is 2.21. The first-order valence-corrected chi connectivity index (χ1v) is 6.67. The second-order valence-electron chi connectivity index (χ2n) is 5.86. The monoisotopic (exact) mass is 226 g/mol. The standard InChI is InChI=1S/C13H26N2O/c1-13(10-14,8-11-5-6-11)15(2)9-12-4-3-7-16-12/h11-12H,3-10,14H2,1-2H3. The summed E-state index contributed by atoms with van der Waals surface area (Å²) in [5, 5.41) is 0. The molecular weight excluding hydrogens is 200 g/mol. The molecule has 2 rings (SSSR count). The molecule has 2 N–H and O–H groups in total. The Morgan fingerprint density at radius 2 is 2.12 bits per heavy atom. The highest BCUT2D eigenvalue weighted by Crippen LogP contribution is 2.38. The van der Waals surface area contributed by atoms with Gasteiger partial charge < -0.3 is 10.5 Å². The van der Waals surface area contributed by atoms with Crippen LogP contribution in [0.2, 0.25) is 0 Å². The molecule has 0 aromatic rings. The lowest BCUT2D eigenvalue weighted by atomic mass is 9.92. The van der Waals surface area contributed by atoms with Gasteiger partial charge >= 0.3 is 0 Å². The molecular formula is C13H26N2O. The van der Waals surface area contributed by atoms with Gasteiger partial charge in [0, 0.05) is 25.2 Å². The van der Waals surface area contributed by atoms with Crippen molar-refractivity contribution in [1.29, 1.82) is 0 Å². The largest absolute Gasteiger partial charge is 0.377 e. The average molecular weight is 226 g/mol. The fourth-order valence-corrected chi connectivity index (χ4v) is 2.65. The van der Waals surface area contributed by atoms with E-state index in [-0.39, 0.29) is 5.54 Å². The fourth-order valence-electron chi connectivity index (χ4n) is 2.65. The normalized spacial score (nSPS) is 29.6. The summed E-state index contributed by atoms with van der Waals surface area (Å²) in [5.74, 6) is 0.931. The molecule has 2 aliphatic rings. The van der Waals surface area contributed by atoms with Crippen molar-refractivity contribution in [2.75, 3.05) is 26.7 Å². The molecule has 0 bridgehead atoms. The van der Waals surface area contributed by atoms with E-state index in [9.17, 15) is 0 Å². The van der Waals surface area contributed by atoms with Crippen molar-refractivity contribution in [1.82, 2.24) is 4.90 Å². The Kier molecular flexibility index (Phi) is 3.88. The lowest BCUT2D eigenvalue weighted by Crippen LogP contribution is -2.52. The molecule has 1 saturated heterocycles. The maximum absolute atomic E-state index is 5.98. The summed E-state index contributed by atoms with van der Waals surface area (Å²) in [6, 6.07) is 0. The van der Waals surface area contributed by atoms with Gasteiger partial charge in [0.2, 0.25) is 0 Å². The van der Waals surface area contributed by atoms with Crippen LogP contribution in [0, 0.1) is 5.92 Å². The first-order chi connectivity index (χ1) is 7.64. The first-order valence-electron chi connectivity index (χ1n) is 6.67. The molecule has 94 valence electrons. The third-order valence-corrected chi connectivity index (χ3v) is 4.29. The highest BCUT2D eigenvalue weighted by atomic mass is 16.5. The van der Waals surface area contributed by atoms with E-state index in [0.29, 0.717) is 6.10 Å². The van der Waals surface area contributed by atoms with Gasteiger partial charge in [0.15, 0.2) is 0 Å². The Hall–Kier alpha value is -0.120. The minimum Gasteiger partial charge on any atom is -0.377 e. The van der Waals surface area contributed by atoms with E-state index in [1.807, 2.05) is 0 Å². The third-order valence-electron chi connectivity index (χ3n) is 4.29. The molecule has 1 aliphatic heterocycles. The summed E-state index contributed by atoms with van der Waals surface area (Å²) < 4.78 is 5.70. The highest BCUT2D eigenvalue weighted by Gasteiger charge is 2.36. The minimum absolute atomic E-state index is 0.174. The Labute approximate surface area is 99.3 Å². The molecule has 1 saturated carbocycles. The predicted molar refractivity (Wildman–Crippen MR) is 66.4 cm³/mol. The van der Waals surface area contributed by atoms with E-state index in [2.05, 4.69) is 18.9 Å². The van der Waals surface area contributed by atoms with Crippen LogP contribution in [0.1, 0.15) is 39.0 Å². The molecule has 3 nitrogen and oxygen atoms in total. The van der Waals surface area contributed by atoms with E-state index < -0.39 is 0 Å². The number of hydrogen-bond donors (Lipinski definition) is 1. The molecule has 0 aromatic carbocycles. The summed E-state index contributed by atoms with van der Waals surface area (Å²) in [6.45, 7) is 5.05. The number of likely N-dealkylation sites (N-methyl/N-ethyl adjacent to an activating group) is 1. The Balaban J connectivity index is 1.85. The Bertz CT molecular complexity index is 224. The Morgan fingerprint density at radius 3 is 2.62 bits per heavy atom. The topological polar surface area (TPSA) is 38.5 Å². The molecule has 2 atom stereocenters. The zero-order valence-electron chi connectivity index (χ0n) is 10.7. The van der Waals surface area contributed by atoms with Crippen LogP contribution in [-0.4, -0.2) is 43.3 Å². The molecule has 16 heavy (non-hydrogen) atoms. The zero-order valence-corrected chi connectivity index (χ0v) is 10.7. The lowest BCUT2D eigenvalue weighted by Gasteiger charge is -2.39. The van der Waals surface area contributed by atoms with Gasteiger partial charge in [-0.2, -0.15) is 0 Å². The molecule has 1 aliphatic carbocycles. The van der Waals surface area contributed by atoms with Crippen molar-refractivity contribution < 1.29 is 4.74 Å². The van der Waals surface area contributed by atoms with E-state index in [0.717, 1.165) is 25.6 Å². The van der Waals surface area contributed by atoms with E-state index in [1.165, 1.54) is 32.1 Å². The van der Waals surface area contributed by atoms with E-state index in [4.69, 9.17) is 10.5 Å². The second kappa shape index (κ2) is 5.03. The van der Waals surface area contributed by atoms with Crippen LogP contribution in [0.5, 0.6) is 0 Å². The fraction of sp³-hybridized carbons (Fsp3) is 1.00. The minimum atomic E-state index is 0.174. The first kappa shape index (κ1) is 12.3. The van der Waals surface area contributed by atoms with Gasteiger partial charge in [-0.15, -0.1) is 0 Å². The van der Waals surface area contributed by atoms with Gasteiger partial charge in [0.25, 0.3) is 0 Å². The van der Waals surface area contributed by atoms with Gasteiger partial charge in [0.05, 0.1) is 6.10 Å². The van der Waals surface area contributed by atoms with Crippen molar-refractivity contribution >= 4 is 0 Å². The number of rotatable bonds is 6. The van der Waals surface area contributed by atoms with Gasteiger partial charge in [-0.1, -0.05) is 12.8 Å². The summed E-state index contributed by atoms with van der Waals surface area (Å²) in [6.07, 6.45) is 6.95. The van der Waals surface area contributed by atoms with Crippen LogP contribution >= 0.6 is 0 Å². The Morgan fingerprint density at radius 1 is 1.38 bits per heavy atom. The maximum atomic E-state index is 5.98. The van der Waals surface area contributed by atoms with Crippen LogP contribution in [0.25, 0.3) is 0 Å². The predicted octanol–water partition coefficient (Wildman–Crippen LogP) is 1.61. The number of nitrogens with zero attached hydrogens (tertiary/aromatic N) is 1. The highest BCUT2D eigenvalue weighted by molar-refractivity contribution is 4.92. The number of hydrogen-bond acceptors (Lipinski definition) is 3. The van der Waals surface area contributed by atoms with Gasteiger partial charge in [-0.3, -0.25) is 4.90 Å². The van der Waals surface area contributed by atoms with Crippen molar-refractivity contribution in [2.24, 2.45) is 11.7 Å². The second-order valence-corrected chi connectivity index (χ2v) is 5.86. The van der Waals surface area contributed by atoms with Crippen molar-refractivity contribution in [3.63, 3.8) is 0 Å². The van der Waals surface area contributed by atoms with Crippen LogP contribution in [0.3, 0.4) is 0 Å². The molecule has 2 fully saturated rings. The molecule has 0 spiro atoms.